The Morgan fingerprint density at radius 2 is 2.32 bits per heavy atom. The molecule has 0 aliphatic carbocycles. The highest BCUT2D eigenvalue weighted by molar-refractivity contribution is 5.69. The van der Waals surface area contributed by atoms with Crippen LogP contribution in [0.5, 0.6) is 0 Å². The van der Waals surface area contributed by atoms with Crippen molar-refractivity contribution in [2.75, 3.05) is 6.54 Å². The quantitative estimate of drug-likeness (QED) is 0.793. The molecule has 7 nitrogen and oxygen atoms in total. The summed E-state index contributed by atoms with van der Waals surface area (Å²) >= 11 is 0. The van der Waals surface area contributed by atoms with E-state index >= 15 is 0 Å². The summed E-state index contributed by atoms with van der Waals surface area (Å²) < 4.78 is 3.32. The summed E-state index contributed by atoms with van der Waals surface area (Å²) in [6, 6.07) is 0.374. The predicted molar refractivity (Wildman–Crippen MR) is 71.3 cm³/mol. The van der Waals surface area contributed by atoms with Gasteiger partial charge in [-0.25, -0.2) is 9.78 Å². The van der Waals surface area contributed by atoms with E-state index in [0.29, 0.717) is 30.3 Å². The molecule has 2 aromatic heterocycles. The van der Waals surface area contributed by atoms with Crippen molar-refractivity contribution in [2.24, 2.45) is 0 Å². The standard InChI is InChI=1S/C12H17N5O2/c1-2-17-10-9(11(18)15-12(17)19)16(7-14-10)6-8-4-3-5-13-8/h7-8,13H,2-6H2,1H3,(H,15,18,19). The van der Waals surface area contributed by atoms with Gasteiger partial charge in [-0.3, -0.25) is 14.3 Å². The number of aromatic amines is 1. The zero-order chi connectivity index (χ0) is 13.4. The average Bonchev–Trinajstić information content (AvgIpc) is 3.00. The van der Waals surface area contributed by atoms with Gasteiger partial charge in [0, 0.05) is 19.1 Å². The number of nitrogens with zero attached hydrogens (tertiary/aromatic N) is 3. The molecule has 0 amide bonds. The first-order chi connectivity index (χ1) is 9.20. The molecule has 1 aliphatic rings. The Bertz CT molecular complexity index is 705. The summed E-state index contributed by atoms with van der Waals surface area (Å²) in [5.41, 5.74) is 0.189. The monoisotopic (exact) mass is 263 g/mol. The van der Waals surface area contributed by atoms with E-state index in [1.807, 2.05) is 11.5 Å². The van der Waals surface area contributed by atoms with Crippen molar-refractivity contribution in [3.63, 3.8) is 0 Å². The van der Waals surface area contributed by atoms with Gasteiger partial charge >= 0.3 is 5.69 Å². The van der Waals surface area contributed by atoms with Crippen LogP contribution >= 0.6 is 0 Å². The zero-order valence-corrected chi connectivity index (χ0v) is 10.8. The number of aryl methyl sites for hydroxylation is 1. The molecule has 19 heavy (non-hydrogen) atoms. The largest absolute Gasteiger partial charge is 0.330 e. The van der Waals surface area contributed by atoms with Gasteiger partial charge in [0.2, 0.25) is 0 Å². The summed E-state index contributed by atoms with van der Waals surface area (Å²) in [5, 5.41) is 3.39. The number of aromatic nitrogens is 4. The summed E-state index contributed by atoms with van der Waals surface area (Å²) in [6.07, 6.45) is 3.91. The van der Waals surface area contributed by atoms with Crippen molar-refractivity contribution in [3.05, 3.63) is 27.2 Å². The highest BCUT2D eigenvalue weighted by Gasteiger charge is 2.18. The molecule has 2 N–H and O–H groups in total. The molecular formula is C12H17N5O2. The highest BCUT2D eigenvalue weighted by Crippen LogP contribution is 2.11. The van der Waals surface area contributed by atoms with E-state index in [1.165, 1.54) is 4.57 Å². The lowest BCUT2D eigenvalue weighted by molar-refractivity contribution is 0.516. The molecule has 7 heteroatoms. The third kappa shape index (κ3) is 1.99. The molecule has 0 spiro atoms. The van der Waals surface area contributed by atoms with E-state index in [2.05, 4.69) is 15.3 Å². The normalized spacial score (nSPS) is 19.3. The van der Waals surface area contributed by atoms with Gasteiger partial charge in [0.25, 0.3) is 5.56 Å². The lowest BCUT2D eigenvalue weighted by atomic mass is 10.2. The number of imidazole rings is 1. The second-order valence-corrected chi connectivity index (χ2v) is 4.87. The van der Waals surface area contributed by atoms with E-state index in [-0.39, 0.29) is 5.56 Å². The van der Waals surface area contributed by atoms with Crippen LogP contribution in [0.4, 0.5) is 0 Å². The molecule has 0 radical (unpaired) electrons. The molecular weight excluding hydrogens is 246 g/mol. The second-order valence-electron chi connectivity index (χ2n) is 4.87. The van der Waals surface area contributed by atoms with Crippen LogP contribution in [0.25, 0.3) is 11.2 Å². The fraction of sp³-hybridized carbons (Fsp3) is 0.583. The molecule has 0 aromatic carbocycles. The van der Waals surface area contributed by atoms with Crippen LogP contribution in [0, 0.1) is 0 Å². The summed E-state index contributed by atoms with van der Waals surface area (Å²) in [6.45, 7) is 4.08. The highest BCUT2D eigenvalue weighted by atomic mass is 16.2. The van der Waals surface area contributed by atoms with Gasteiger partial charge in [0.1, 0.15) is 0 Å². The number of nitrogens with one attached hydrogen (secondary N) is 2. The van der Waals surface area contributed by atoms with Crippen molar-refractivity contribution >= 4 is 11.2 Å². The maximum absolute atomic E-state index is 12.0. The molecule has 3 rings (SSSR count). The van der Waals surface area contributed by atoms with Crippen molar-refractivity contribution in [1.29, 1.82) is 0 Å². The molecule has 0 bridgehead atoms. The number of hydrogen-bond acceptors (Lipinski definition) is 4. The van der Waals surface area contributed by atoms with E-state index in [9.17, 15) is 9.59 Å². The molecule has 3 heterocycles. The van der Waals surface area contributed by atoms with E-state index in [1.54, 1.807) is 6.33 Å². The molecule has 1 atom stereocenters. The Balaban J connectivity index is 2.11. The summed E-state index contributed by atoms with van der Waals surface area (Å²) in [7, 11) is 0. The second kappa shape index (κ2) is 4.65. The Morgan fingerprint density at radius 3 is 3.00 bits per heavy atom. The zero-order valence-electron chi connectivity index (χ0n) is 10.8. The van der Waals surface area contributed by atoms with Crippen LogP contribution in [0.15, 0.2) is 15.9 Å². The average molecular weight is 263 g/mol. The van der Waals surface area contributed by atoms with Crippen LogP contribution < -0.4 is 16.6 Å². The van der Waals surface area contributed by atoms with Crippen LogP contribution in [0.3, 0.4) is 0 Å². The fourth-order valence-corrected chi connectivity index (χ4v) is 2.70. The van der Waals surface area contributed by atoms with Crippen LogP contribution in [0.2, 0.25) is 0 Å². The first kappa shape index (κ1) is 12.2. The minimum absolute atomic E-state index is 0.361. The molecule has 2 aromatic rings. The van der Waals surface area contributed by atoms with Crippen LogP contribution in [-0.4, -0.2) is 31.7 Å². The van der Waals surface area contributed by atoms with Crippen LogP contribution in [0.1, 0.15) is 19.8 Å². The predicted octanol–water partition coefficient (Wildman–Crippen LogP) is -0.342. The molecule has 1 unspecified atom stereocenters. The minimum atomic E-state index is -0.399. The Morgan fingerprint density at radius 1 is 1.47 bits per heavy atom. The molecule has 0 saturated carbocycles. The minimum Gasteiger partial charge on any atom is -0.323 e. The molecule has 1 aliphatic heterocycles. The van der Waals surface area contributed by atoms with Gasteiger partial charge in [-0.1, -0.05) is 0 Å². The maximum Gasteiger partial charge on any atom is 0.330 e. The van der Waals surface area contributed by atoms with Gasteiger partial charge in [-0.05, 0) is 26.3 Å². The third-order valence-corrected chi connectivity index (χ3v) is 3.65. The number of hydrogen-bond donors (Lipinski definition) is 2. The van der Waals surface area contributed by atoms with Gasteiger partial charge < -0.3 is 9.88 Å². The van der Waals surface area contributed by atoms with Gasteiger partial charge in [0.15, 0.2) is 11.2 Å². The smallest absolute Gasteiger partial charge is 0.323 e. The third-order valence-electron chi connectivity index (χ3n) is 3.65. The van der Waals surface area contributed by atoms with E-state index in [0.717, 1.165) is 19.4 Å². The number of fused-ring (bicyclic) bond motifs is 1. The number of rotatable bonds is 3. The SMILES string of the molecule is CCn1c(=O)[nH]c(=O)c2c1ncn2CC1CCCN1. The Labute approximate surface area is 109 Å². The van der Waals surface area contributed by atoms with Crippen LogP contribution in [-0.2, 0) is 13.1 Å². The first-order valence-corrected chi connectivity index (χ1v) is 6.62. The Hall–Kier alpha value is -1.89. The summed E-state index contributed by atoms with van der Waals surface area (Å²) in [4.78, 5) is 30.2. The summed E-state index contributed by atoms with van der Waals surface area (Å²) in [5.74, 6) is 0. The molecule has 1 saturated heterocycles. The number of H-pyrrole nitrogens is 1. The topological polar surface area (TPSA) is 84.7 Å². The van der Waals surface area contributed by atoms with Gasteiger partial charge in [0.05, 0.1) is 6.33 Å². The molecule has 102 valence electrons. The Kier molecular flexibility index (Phi) is 2.98. The first-order valence-electron chi connectivity index (χ1n) is 6.62. The fourth-order valence-electron chi connectivity index (χ4n) is 2.70. The lowest BCUT2D eigenvalue weighted by Gasteiger charge is -2.11. The van der Waals surface area contributed by atoms with E-state index < -0.39 is 5.69 Å². The van der Waals surface area contributed by atoms with Crippen molar-refractivity contribution in [2.45, 2.75) is 38.9 Å². The van der Waals surface area contributed by atoms with Crippen molar-refractivity contribution in [3.8, 4) is 0 Å². The maximum atomic E-state index is 12.0. The van der Waals surface area contributed by atoms with Crippen molar-refractivity contribution < 1.29 is 0 Å². The lowest BCUT2D eigenvalue weighted by Crippen LogP contribution is -2.32. The van der Waals surface area contributed by atoms with E-state index in [4.69, 9.17) is 0 Å². The van der Waals surface area contributed by atoms with Gasteiger partial charge in [-0.15, -0.1) is 0 Å². The van der Waals surface area contributed by atoms with Crippen molar-refractivity contribution in [1.82, 2.24) is 24.4 Å². The molecule has 1 fully saturated rings. The van der Waals surface area contributed by atoms with Gasteiger partial charge in [-0.2, -0.15) is 0 Å².